The lowest BCUT2D eigenvalue weighted by Gasteiger charge is -2.21. The van der Waals surface area contributed by atoms with Gasteiger partial charge in [0.1, 0.15) is 5.54 Å². The van der Waals surface area contributed by atoms with E-state index < -0.39 is 5.54 Å². The fourth-order valence-electron chi connectivity index (χ4n) is 3.15. The molecule has 0 bridgehead atoms. The Balaban J connectivity index is 1.71. The van der Waals surface area contributed by atoms with Crippen LogP contribution in [-0.2, 0) is 11.3 Å². The van der Waals surface area contributed by atoms with E-state index in [4.69, 9.17) is 0 Å². The first-order chi connectivity index (χ1) is 11.7. The van der Waals surface area contributed by atoms with E-state index in [2.05, 4.69) is 27.5 Å². The lowest BCUT2D eigenvalue weighted by atomic mass is 10.0. The molecule has 2 aromatic rings. The van der Waals surface area contributed by atoms with E-state index in [0.29, 0.717) is 6.54 Å². The molecule has 124 valence electrons. The summed E-state index contributed by atoms with van der Waals surface area (Å²) in [6, 6.07) is 10.2. The average Bonchev–Trinajstić information content (AvgIpc) is 3.19. The van der Waals surface area contributed by atoms with Gasteiger partial charge in [-0.2, -0.15) is 5.26 Å². The molecule has 3 rings (SSSR count). The fourth-order valence-corrected chi connectivity index (χ4v) is 3.97. The predicted molar refractivity (Wildman–Crippen MR) is 95.6 cm³/mol. The van der Waals surface area contributed by atoms with Crippen LogP contribution in [0.3, 0.4) is 0 Å². The largest absolute Gasteiger partial charge is 0.337 e. The minimum Gasteiger partial charge on any atom is -0.337 e. The Morgan fingerprint density at radius 1 is 1.46 bits per heavy atom. The van der Waals surface area contributed by atoms with Crippen molar-refractivity contribution < 1.29 is 4.79 Å². The van der Waals surface area contributed by atoms with Crippen molar-refractivity contribution in [3.05, 3.63) is 36.9 Å². The molecule has 1 amide bonds. The molecule has 1 fully saturated rings. The first kappa shape index (κ1) is 16.6. The third kappa shape index (κ3) is 3.31. The maximum absolute atomic E-state index is 12.3. The van der Waals surface area contributed by atoms with Crippen LogP contribution in [0.15, 0.2) is 42.1 Å². The number of nitrogens with zero attached hydrogens (tertiary/aromatic N) is 3. The van der Waals surface area contributed by atoms with E-state index in [1.165, 1.54) is 11.8 Å². The molecule has 0 radical (unpaired) electrons. The zero-order chi connectivity index (χ0) is 17.0. The number of para-hydroxylation sites is 2. The summed E-state index contributed by atoms with van der Waals surface area (Å²) >= 11 is 1.40. The van der Waals surface area contributed by atoms with Gasteiger partial charge in [0.05, 0.1) is 22.9 Å². The SMILES string of the molecule is C=CCn1c(SCC(=O)NC2(C#N)CCCC2)nc2ccccc21. The van der Waals surface area contributed by atoms with Gasteiger partial charge >= 0.3 is 0 Å². The summed E-state index contributed by atoms with van der Waals surface area (Å²) in [7, 11) is 0. The van der Waals surface area contributed by atoms with Gasteiger partial charge in [0.25, 0.3) is 0 Å². The highest BCUT2D eigenvalue weighted by Crippen LogP contribution is 2.29. The van der Waals surface area contributed by atoms with E-state index >= 15 is 0 Å². The molecule has 1 aliphatic rings. The number of allylic oxidation sites excluding steroid dienone is 1. The lowest BCUT2D eigenvalue weighted by Crippen LogP contribution is -2.45. The van der Waals surface area contributed by atoms with Crippen molar-refractivity contribution in [3.63, 3.8) is 0 Å². The van der Waals surface area contributed by atoms with Crippen LogP contribution < -0.4 is 5.32 Å². The third-order valence-corrected chi connectivity index (χ3v) is 5.29. The molecule has 1 aliphatic carbocycles. The molecule has 0 aliphatic heterocycles. The Labute approximate surface area is 145 Å². The molecule has 1 saturated carbocycles. The minimum absolute atomic E-state index is 0.111. The van der Waals surface area contributed by atoms with Crippen molar-refractivity contribution in [2.45, 2.75) is 42.9 Å². The summed E-state index contributed by atoms with van der Waals surface area (Å²) in [6.45, 7) is 4.44. The van der Waals surface area contributed by atoms with Gasteiger partial charge in [-0.15, -0.1) is 6.58 Å². The summed E-state index contributed by atoms with van der Waals surface area (Å²) < 4.78 is 2.05. The highest BCUT2D eigenvalue weighted by Gasteiger charge is 2.35. The minimum atomic E-state index is -0.668. The second-order valence-corrected chi connectivity index (χ2v) is 6.96. The Morgan fingerprint density at radius 2 is 2.21 bits per heavy atom. The number of carbonyl (C=O) groups excluding carboxylic acids is 1. The molecule has 5 nitrogen and oxygen atoms in total. The number of amides is 1. The number of rotatable bonds is 6. The Hall–Kier alpha value is -2.26. The topological polar surface area (TPSA) is 70.7 Å². The van der Waals surface area contributed by atoms with Crippen LogP contribution in [0.25, 0.3) is 11.0 Å². The molecule has 0 spiro atoms. The number of nitrogens with one attached hydrogen (secondary N) is 1. The number of carbonyl (C=O) groups is 1. The third-order valence-electron chi connectivity index (χ3n) is 4.31. The van der Waals surface area contributed by atoms with Gasteiger partial charge in [0, 0.05) is 6.54 Å². The van der Waals surface area contributed by atoms with Crippen molar-refractivity contribution in [2.24, 2.45) is 0 Å². The van der Waals surface area contributed by atoms with Crippen molar-refractivity contribution >= 4 is 28.7 Å². The van der Waals surface area contributed by atoms with Gasteiger partial charge in [0.15, 0.2) is 5.16 Å². The zero-order valence-corrected chi connectivity index (χ0v) is 14.3. The van der Waals surface area contributed by atoms with Crippen LogP contribution >= 0.6 is 11.8 Å². The Morgan fingerprint density at radius 3 is 2.92 bits per heavy atom. The van der Waals surface area contributed by atoms with Crippen LogP contribution in [0.2, 0.25) is 0 Å². The molecule has 1 aromatic heterocycles. The fraction of sp³-hybridized carbons (Fsp3) is 0.389. The van der Waals surface area contributed by atoms with Crippen LogP contribution in [0.5, 0.6) is 0 Å². The number of nitriles is 1. The first-order valence-corrected chi connectivity index (χ1v) is 9.07. The summed E-state index contributed by atoms with van der Waals surface area (Å²) in [6.07, 6.45) is 5.30. The molecule has 0 saturated heterocycles. The quantitative estimate of drug-likeness (QED) is 0.647. The molecular weight excluding hydrogens is 320 g/mol. The summed E-state index contributed by atoms with van der Waals surface area (Å²) in [4.78, 5) is 16.9. The molecule has 1 heterocycles. The molecule has 0 atom stereocenters. The number of thioether (sulfide) groups is 1. The molecule has 1 aromatic carbocycles. The second-order valence-electron chi connectivity index (χ2n) is 6.02. The number of fused-ring (bicyclic) bond motifs is 1. The van der Waals surface area contributed by atoms with Gasteiger partial charge in [-0.3, -0.25) is 4.79 Å². The summed E-state index contributed by atoms with van der Waals surface area (Å²) in [5.74, 6) is 0.143. The van der Waals surface area contributed by atoms with E-state index in [1.54, 1.807) is 0 Å². The van der Waals surface area contributed by atoms with E-state index in [9.17, 15) is 10.1 Å². The summed E-state index contributed by atoms with van der Waals surface area (Å²) in [5.41, 5.74) is 1.27. The number of hydrogen-bond donors (Lipinski definition) is 1. The van der Waals surface area contributed by atoms with Crippen molar-refractivity contribution in [3.8, 4) is 6.07 Å². The molecule has 1 N–H and O–H groups in total. The van der Waals surface area contributed by atoms with Crippen molar-refractivity contribution in [1.29, 1.82) is 5.26 Å². The average molecular weight is 340 g/mol. The monoisotopic (exact) mass is 340 g/mol. The van der Waals surface area contributed by atoms with E-state index in [0.717, 1.165) is 41.9 Å². The maximum atomic E-state index is 12.3. The standard InChI is InChI=1S/C18H20N4OS/c1-2-11-22-15-8-4-3-7-14(15)20-17(22)24-12-16(23)21-18(13-19)9-5-6-10-18/h2-4,7-8H,1,5-6,9-12H2,(H,21,23). The van der Waals surface area contributed by atoms with E-state index in [1.807, 2.05) is 30.3 Å². The van der Waals surface area contributed by atoms with Gasteiger partial charge in [-0.25, -0.2) is 4.98 Å². The van der Waals surface area contributed by atoms with Crippen LogP contribution in [0.4, 0.5) is 0 Å². The predicted octanol–water partition coefficient (Wildman–Crippen LogP) is 3.27. The van der Waals surface area contributed by atoms with Crippen LogP contribution in [0, 0.1) is 11.3 Å². The van der Waals surface area contributed by atoms with Crippen LogP contribution in [-0.4, -0.2) is 26.8 Å². The lowest BCUT2D eigenvalue weighted by molar-refractivity contribution is -0.119. The van der Waals surface area contributed by atoms with Crippen molar-refractivity contribution in [1.82, 2.24) is 14.9 Å². The first-order valence-electron chi connectivity index (χ1n) is 8.09. The Bertz CT molecular complexity index is 799. The van der Waals surface area contributed by atoms with Gasteiger partial charge in [-0.1, -0.05) is 30.0 Å². The molecular formula is C18H20N4OS. The zero-order valence-electron chi connectivity index (χ0n) is 13.5. The van der Waals surface area contributed by atoms with E-state index in [-0.39, 0.29) is 11.7 Å². The van der Waals surface area contributed by atoms with Crippen molar-refractivity contribution in [2.75, 3.05) is 5.75 Å². The number of hydrogen-bond acceptors (Lipinski definition) is 4. The molecule has 0 unspecified atom stereocenters. The molecule has 24 heavy (non-hydrogen) atoms. The molecule has 6 heteroatoms. The number of imidazole rings is 1. The highest BCUT2D eigenvalue weighted by atomic mass is 32.2. The van der Waals surface area contributed by atoms with Gasteiger partial charge in [0.2, 0.25) is 5.91 Å². The number of benzene rings is 1. The maximum Gasteiger partial charge on any atom is 0.231 e. The number of aromatic nitrogens is 2. The van der Waals surface area contributed by atoms with Gasteiger partial charge < -0.3 is 9.88 Å². The van der Waals surface area contributed by atoms with Gasteiger partial charge in [-0.05, 0) is 37.8 Å². The van der Waals surface area contributed by atoms with Crippen LogP contribution in [0.1, 0.15) is 25.7 Å². The highest BCUT2D eigenvalue weighted by molar-refractivity contribution is 7.99. The summed E-state index contributed by atoms with van der Waals surface area (Å²) in [5, 5.41) is 13.1. The Kier molecular flexibility index (Phi) is 4.91. The second kappa shape index (κ2) is 7.10. The smallest absolute Gasteiger partial charge is 0.231 e. The normalized spacial score (nSPS) is 16.0.